The third kappa shape index (κ3) is 4.29. The predicted molar refractivity (Wildman–Crippen MR) is 164 cm³/mol. The molecule has 226 valence electrons. The second-order valence-electron chi connectivity index (χ2n) is 14.8. The number of phenolic OH excluding ortho intramolecular Hbond substituents is 2. The SMILES string of the molecule is CC[C@H](NC(=O)N[C@]1(C)CC[C@]2(C)CC[C@]3(C)C4=C[C@@H](S)c5c(cc(O)c(O)c5C)[C@]4(C)CC[C@@]3(C)[C@@H]2C1)C(=O)O. The van der Waals surface area contributed by atoms with Crippen LogP contribution in [0.1, 0.15) is 115 Å². The summed E-state index contributed by atoms with van der Waals surface area (Å²) in [6, 6.07) is 0.459. The van der Waals surface area contributed by atoms with Crippen molar-refractivity contribution in [1.29, 1.82) is 0 Å². The minimum atomic E-state index is -1.02. The van der Waals surface area contributed by atoms with Gasteiger partial charge in [0, 0.05) is 16.2 Å². The number of carbonyl (C=O) groups excluding carboxylic acids is 1. The summed E-state index contributed by atoms with van der Waals surface area (Å²) in [5.74, 6) is -0.794. The summed E-state index contributed by atoms with van der Waals surface area (Å²) in [6.45, 7) is 15.4. The van der Waals surface area contributed by atoms with Gasteiger partial charge in [-0.15, -0.1) is 0 Å². The molecule has 8 heteroatoms. The second-order valence-corrected chi connectivity index (χ2v) is 15.4. The van der Waals surface area contributed by atoms with Gasteiger partial charge < -0.3 is 26.0 Å². The van der Waals surface area contributed by atoms with E-state index in [1.54, 1.807) is 13.0 Å². The lowest BCUT2D eigenvalue weighted by molar-refractivity contribution is -0.150. The first-order valence-corrected chi connectivity index (χ1v) is 15.7. The van der Waals surface area contributed by atoms with E-state index in [0.29, 0.717) is 17.9 Å². The number of nitrogens with one attached hydrogen (secondary N) is 2. The highest BCUT2D eigenvalue weighted by atomic mass is 32.1. The van der Waals surface area contributed by atoms with E-state index >= 15 is 0 Å². The number of amides is 2. The average molecular weight is 585 g/mol. The monoisotopic (exact) mass is 584 g/mol. The summed E-state index contributed by atoms with van der Waals surface area (Å²) in [7, 11) is 0. The van der Waals surface area contributed by atoms with Crippen LogP contribution in [0, 0.1) is 29.1 Å². The highest BCUT2D eigenvalue weighted by Crippen LogP contribution is 2.74. The molecule has 7 nitrogen and oxygen atoms in total. The number of hydrogen-bond acceptors (Lipinski definition) is 5. The molecular weight excluding hydrogens is 536 g/mol. The number of aromatic hydroxyl groups is 2. The summed E-state index contributed by atoms with van der Waals surface area (Å²) < 4.78 is 0. The summed E-state index contributed by atoms with van der Waals surface area (Å²) in [5.41, 5.74) is 3.49. The number of thiol groups is 1. The zero-order valence-corrected chi connectivity index (χ0v) is 26.5. The van der Waals surface area contributed by atoms with Crippen molar-refractivity contribution in [1.82, 2.24) is 10.6 Å². The van der Waals surface area contributed by atoms with Crippen molar-refractivity contribution in [3.63, 3.8) is 0 Å². The maximum absolute atomic E-state index is 13.0. The number of allylic oxidation sites excluding steroid dienone is 1. The Morgan fingerprint density at radius 1 is 1.05 bits per heavy atom. The minimum absolute atomic E-state index is 0.0305. The first-order chi connectivity index (χ1) is 18.9. The van der Waals surface area contributed by atoms with Crippen molar-refractivity contribution in [2.45, 2.75) is 122 Å². The molecule has 3 fully saturated rings. The van der Waals surface area contributed by atoms with E-state index in [0.717, 1.165) is 56.1 Å². The number of rotatable bonds is 4. The maximum Gasteiger partial charge on any atom is 0.326 e. The Kier molecular flexibility index (Phi) is 7.04. The summed E-state index contributed by atoms with van der Waals surface area (Å²) in [6.07, 6.45) is 9.47. The lowest BCUT2D eigenvalue weighted by Crippen LogP contribution is -2.65. The van der Waals surface area contributed by atoms with Crippen molar-refractivity contribution in [2.24, 2.45) is 22.2 Å². The molecule has 0 spiro atoms. The standard InChI is InChI=1S/C33H48N2O5S/c1-8-20(27(38)39)34-28(40)35-30(4)11-9-29(3)10-13-32(6)23-16-22(41)25-18(2)26(37)21(36)15-19(25)31(23,5)12-14-33(32,7)24(29)17-30/h15-16,20,22,24,36-37,41H,8-14,17H2,1-7H3,(H,38,39)(H2,34,35,40)/t20-,22+,24+,29+,30+,31-,32+,33-/m0/s1. The molecular formula is C33H48N2O5S. The fourth-order valence-corrected chi connectivity index (χ4v) is 10.1. The molecule has 3 saturated carbocycles. The van der Waals surface area contributed by atoms with Crippen LogP contribution in [-0.2, 0) is 10.2 Å². The van der Waals surface area contributed by atoms with Crippen LogP contribution >= 0.6 is 12.6 Å². The lowest BCUT2D eigenvalue weighted by Gasteiger charge is -2.70. The molecule has 0 saturated heterocycles. The van der Waals surface area contributed by atoms with Crippen LogP contribution in [0.15, 0.2) is 17.7 Å². The van der Waals surface area contributed by atoms with E-state index in [-0.39, 0.29) is 38.4 Å². The van der Waals surface area contributed by atoms with Gasteiger partial charge >= 0.3 is 12.0 Å². The normalized spacial score (nSPS) is 40.1. The molecule has 0 radical (unpaired) electrons. The van der Waals surface area contributed by atoms with Gasteiger partial charge in [0.25, 0.3) is 0 Å². The molecule has 0 aliphatic heterocycles. The van der Waals surface area contributed by atoms with E-state index in [9.17, 15) is 24.9 Å². The smallest absolute Gasteiger partial charge is 0.326 e. The molecule has 41 heavy (non-hydrogen) atoms. The molecule has 0 bridgehead atoms. The quantitative estimate of drug-likeness (QED) is 0.131. The molecule has 4 aliphatic carbocycles. The largest absolute Gasteiger partial charge is 0.504 e. The van der Waals surface area contributed by atoms with Gasteiger partial charge in [0.1, 0.15) is 6.04 Å². The van der Waals surface area contributed by atoms with Crippen molar-refractivity contribution in [2.75, 3.05) is 0 Å². The Morgan fingerprint density at radius 3 is 2.34 bits per heavy atom. The zero-order valence-electron chi connectivity index (χ0n) is 25.6. The van der Waals surface area contributed by atoms with E-state index in [1.165, 1.54) is 5.57 Å². The molecule has 5 rings (SSSR count). The number of carboxylic acids is 1. The number of phenols is 2. The van der Waals surface area contributed by atoms with Crippen LogP contribution in [-0.4, -0.2) is 38.9 Å². The molecule has 0 aromatic heterocycles. The van der Waals surface area contributed by atoms with E-state index in [2.05, 4.69) is 51.3 Å². The highest BCUT2D eigenvalue weighted by molar-refractivity contribution is 7.80. The number of urea groups is 1. The summed E-state index contributed by atoms with van der Waals surface area (Å²) in [5, 5.41) is 36.3. The first-order valence-electron chi connectivity index (χ1n) is 15.2. The Bertz CT molecular complexity index is 1330. The Balaban J connectivity index is 1.51. The van der Waals surface area contributed by atoms with Gasteiger partial charge in [-0.05, 0) is 110 Å². The second kappa shape index (κ2) is 9.58. The van der Waals surface area contributed by atoms with Crippen molar-refractivity contribution in [3.05, 3.63) is 34.4 Å². The third-order valence-corrected chi connectivity index (χ3v) is 12.9. The van der Waals surface area contributed by atoms with E-state index in [1.807, 2.05) is 6.92 Å². The molecule has 8 atom stereocenters. The van der Waals surface area contributed by atoms with Crippen LogP contribution in [0.25, 0.3) is 0 Å². The maximum atomic E-state index is 13.0. The molecule has 2 amide bonds. The van der Waals surface area contributed by atoms with Crippen molar-refractivity contribution >= 4 is 24.6 Å². The van der Waals surface area contributed by atoms with Gasteiger partial charge in [-0.2, -0.15) is 12.6 Å². The van der Waals surface area contributed by atoms with Crippen LogP contribution in [0.3, 0.4) is 0 Å². The van der Waals surface area contributed by atoms with Gasteiger partial charge in [0.2, 0.25) is 0 Å². The Labute approximate surface area is 250 Å². The molecule has 1 aromatic carbocycles. The highest BCUT2D eigenvalue weighted by Gasteiger charge is 2.66. The summed E-state index contributed by atoms with van der Waals surface area (Å²) in [4.78, 5) is 24.5. The van der Waals surface area contributed by atoms with Crippen LogP contribution in [0.2, 0.25) is 0 Å². The van der Waals surface area contributed by atoms with Gasteiger partial charge in [-0.1, -0.05) is 46.3 Å². The molecule has 0 heterocycles. The lowest BCUT2D eigenvalue weighted by atomic mass is 9.35. The van der Waals surface area contributed by atoms with Gasteiger partial charge in [0.15, 0.2) is 11.5 Å². The molecule has 5 N–H and O–H groups in total. The van der Waals surface area contributed by atoms with Crippen LogP contribution in [0.5, 0.6) is 11.5 Å². The fraction of sp³-hybridized carbons (Fsp3) is 0.697. The predicted octanol–water partition coefficient (Wildman–Crippen LogP) is 6.90. The Hall–Kier alpha value is -2.35. The number of aliphatic carboxylic acids is 1. The first kappa shape index (κ1) is 30.1. The van der Waals surface area contributed by atoms with Gasteiger partial charge in [-0.25, -0.2) is 9.59 Å². The fourth-order valence-electron chi connectivity index (χ4n) is 9.63. The van der Waals surface area contributed by atoms with E-state index < -0.39 is 23.6 Å². The van der Waals surface area contributed by atoms with Gasteiger partial charge in [-0.3, -0.25) is 0 Å². The molecule has 0 unspecified atom stereocenters. The van der Waals surface area contributed by atoms with Crippen LogP contribution in [0.4, 0.5) is 4.79 Å². The number of benzene rings is 1. The topological polar surface area (TPSA) is 119 Å². The number of carboxylic acid groups (broad SMARTS) is 1. The number of hydrogen-bond donors (Lipinski definition) is 6. The van der Waals surface area contributed by atoms with Gasteiger partial charge in [0.05, 0.1) is 0 Å². The molecule has 4 aliphatic rings. The number of fused-ring (bicyclic) bond motifs is 7. The molecule has 1 aromatic rings. The van der Waals surface area contributed by atoms with E-state index in [4.69, 9.17) is 12.6 Å². The Morgan fingerprint density at radius 2 is 1.71 bits per heavy atom. The third-order valence-electron chi connectivity index (χ3n) is 12.5. The van der Waals surface area contributed by atoms with Crippen LogP contribution < -0.4 is 10.6 Å². The average Bonchev–Trinajstić information content (AvgIpc) is 2.90. The minimum Gasteiger partial charge on any atom is -0.504 e. The summed E-state index contributed by atoms with van der Waals surface area (Å²) >= 11 is 5.02. The zero-order chi connectivity index (χ0) is 30.3. The van der Waals surface area contributed by atoms with Crippen molar-refractivity contribution < 1.29 is 24.9 Å². The van der Waals surface area contributed by atoms with Crippen molar-refractivity contribution in [3.8, 4) is 11.5 Å². The number of carbonyl (C=O) groups is 2.